The summed E-state index contributed by atoms with van der Waals surface area (Å²) in [7, 11) is 0. The van der Waals surface area contributed by atoms with Crippen LogP contribution in [0.1, 0.15) is 36.1 Å². The molecule has 31 heavy (non-hydrogen) atoms. The Kier molecular flexibility index (Phi) is 7.30. The van der Waals surface area contributed by atoms with Crippen LogP contribution in [0.15, 0.2) is 65.9 Å². The number of aliphatic hydroxyl groups is 1. The number of alkyl halides is 1. The van der Waals surface area contributed by atoms with Crippen LogP contribution in [0.25, 0.3) is 0 Å². The molecule has 1 saturated carbocycles. The molecule has 2 aromatic carbocycles. The molecule has 0 bridgehead atoms. The Balaban J connectivity index is 1.76. The summed E-state index contributed by atoms with van der Waals surface area (Å²) < 4.78 is 20.3. The first kappa shape index (κ1) is 22.8. The quantitative estimate of drug-likeness (QED) is 0.245. The van der Waals surface area contributed by atoms with Gasteiger partial charge in [0.15, 0.2) is 5.76 Å². The van der Waals surface area contributed by atoms with E-state index in [9.17, 15) is 14.3 Å². The van der Waals surface area contributed by atoms with Crippen molar-refractivity contribution in [2.75, 3.05) is 6.54 Å². The lowest BCUT2D eigenvalue weighted by Crippen LogP contribution is -2.27. The Morgan fingerprint density at radius 2 is 2.03 bits per heavy atom. The molecule has 1 unspecified atom stereocenters. The van der Waals surface area contributed by atoms with Gasteiger partial charge in [0.05, 0.1) is 6.54 Å². The first-order valence-corrected chi connectivity index (χ1v) is 10.3. The van der Waals surface area contributed by atoms with Gasteiger partial charge in [0.25, 0.3) is 5.91 Å². The van der Waals surface area contributed by atoms with Crippen molar-refractivity contribution in [3.05, 3.63) is 87.1 Å². The molecule has 0 saturated heterocycles. The van der Waals surface area contributed by atoms with Gasteiger partial charge in [-0.25, -0.2) is 4.39 Å². The fourth-order valence-corrected chi connectivity index (χ4v) is 3.57. The first-order chi connectivity index (χ1) is 14.8. The molecule has 0 heterocycles. The molecule has 0 spiro atoms. The van der Waals surface area contributed by atoms with Crippen LogP contribution in [-0.2, 0) is 4.79 Å². The first-order valence-electron chi connectivity index (χ1n) is 9.56. The van der Waals surface area contributed by atoms with Gasteiger partial charge >= 0.3 is 0 Å². The minimum atomic E-state index is -1.59. The number of benzene rings is 2. The SMILES string of the molecule is N/C=C(Oc1cccc(C2CC2)c1)\C(C(N)=O)=C(\O)NCC(F)c1ccc(Cl)cc1Cl. The standard InChI is InChI=1S/C22H22Cl2FN3O3/c23-14-6-7-16(17(24)9-14)18(25)11-28-22(30)20(21(27)29)19(10-26)31-15-3-1-2-13(8-15)12-4-5-12/h1-3,6-10,12,18,28,30H,4-5,11,26H2,(H2,27,29)/b19-10+,22-20-. The monoisotopic (exact) mass is 465 g/mol. The van der Waals surface area contributed by atoms with E-state index in [1.807, 2.05) is 18.2 Å². The highest BCUT2D eigenvalue weighted by molar-refractivity contribution is 6.35. The maximum atomic E-state index is 14.6. The van der Waals surface area contributed by atoms with E-state index in [0.29, 0.717) is 16.7 Å². The molecule has 0 aliphatic heterocycles. The Hall–Kier alpha value is -2.90. The van der Waals surface area contributed by atoms with Crippen LogP contribution in [0.5, 0.6) is 5.75 Å². The van der Waals surface area contributed by atoms with Crippen molar-refractivity contribution >= 4 is 29.1 Å². The minimum Gasteiger partial charge on any atom is -0.494 e. The second-order valence-electron chi connectivity index (χ2n) is 7.08. The highest BCUT2D eigenvalue weighted by Gasteiger charge is 2.25. The predicted molar refractivity (Wildman–Crippen MR) is 118 cm³/mol. The van der Waals surface area contributed by atoms with Crippen molar-refractivity contribution in [2.24, 2.45) is 11.5 Å². The molecule has 2 aromatic rings. The van der Waals surface area contributed by atoms with E-state index in [1.54, 1.807) is 6.07 Å². The number of ether oxygens (including phenoxy) is 1. The van der Waals surface area contributed by atoms with E-state index in [1.165, 1.54) is 18.2 Å². The predicted octanol–water partition coefficient (Wildman–Crippen LogP) is 4.61. The number of carbonyl (C=O) groups is 1. The van der Waals surface area contributed by atoms with Crippen LogP contribution in [0.2, 0.25) is 10.0 Å². The maximum absolute atomic E-state index is 14.6. The zero-order valence-electron chi connectivity index (χ0n) is 16.4. The van der Waals surface area contributed by atoms with Crippen molar-refractivity contribution in [1.29, 1.82) is 0 Å². The third-order valence-electron chi connectivity index (χ3n) is 4.76. The lowest BCUT2D eigenvalue weighted by Gasteiger charge is -2.16. The van der Waals surface area contributed by atoms with E-state index in [4.69, 9.17) is 39.4 Å². The Labute approximate surface area is 189 Å². The number of hydrogen-bond donors (Lipinski definition) is 4. The van der Waals surface area contributed by atoms with Gasteiger partial charge in [0, 0.05) is 21.8 Å². The lowest BCUT2D eigenvalue weighted by molar-refractivity contribution is -0.114. The van der Waals surface area contributed by atoms with Crippen LogP contribution in [0.4, 0.5) is 4.39 Å². The topological polar surface area (TPSA) is 111 Å². The average Bonchev–Trinajstić information content (AvgIpc) is 3.57. The van der Waals surface area contributed by atoms with Gasteiger partial charge in [-0.2, -0.15) is 0 Å². The van der Waals surface area contributed by atoms with Gasteiger partial charge in [-0.3, -0.25) is 4.79 Å². The van der Waals surface area contributed by atoms with Gasteiger partial charge < -0.3 is 26.6 Å². The zero-order valence-corrected chi connectivity index (χ0v) is 18.0. The number of primary amides is 1. The van der Waals surface area contributed by atoms with Crippen molar-refractivity contribution in [2.45, 2.75) is 24.9 Å². The van der Waals surface area contributed by atoms with E-state index < -0.39 is 23.5 Å². The average molecular weight is 466 g/mol. The Morgan fingerprint density at radius 3 is 2.65 bits per heavy atom. The number of nitrogens with two attached hydrogens (primary N) is 2. The van der Waals surface area contributed by atoms with Crippen LogP contribution >= 0.6 is 23.2 Å². The molecular weight excluding hydrogens is 444 g/mol. The number of aliphatic hydroxyl groups excluding tert-OH is 1. The molecule has 1 atom stereocenters. The van der Waals surface area contributed by atoms with E-state index in [-0.39, 0.29) is 22.9 Å². The normalized spacial score (nSPS) is 15.8. The molecular formula is C22H22Cl2FN3O3. The number of halogens is 3. The highest BCUT2D eigenvalue weighted by Crippen LogP contribution is 2.41. The van der Waals surface area contributed by atoms with Gasteiger partial charge in [0.2, 0.25) is 5.88 Å². The third-order valence-corrected chi connectivity index (χ3v) is 5.33. The molecule has 9 heteroatoms. The number of amides is 1. The fourth-order valence-electron chi connectivity index (χ4n) is 3.04. The summed E-state index contributed by atoms with van der Waals surface area (Å²) in [5, 5.41) is 13.3. The van der Waals surface area contributed by atoms with Crippen molar-refractivity contribution in [3.8, 4) is 5.75 Å². The summed E-state index contributed by atoms with van der Waals surface area (Å²) in [6.07, 6.45) is 1.64. The smallest absolute Gasteiger partial charge is 0.257 e. The minimum absolute atomic E-state index is 0.141. The number of hydrogen-bond acceptors (Lipinski definition) is 5. The summed E-state index contributed by atoms with van der Waals surface area (Å²) in [5.41, 5.74) is 11.9. The van der Waals surface area contributed by atoms with E-state index in [2.05, 4.69) is 5.32 Å². The summed E-state index contributed by atoms with van der Waals surface area (Å²) in [4.78, 5) is 12.0. The van der Waals surface area contributed by atoms with Crippen LogP contribution in [0.3, 0.4) is 0 Å². The molecule has 3 rings (SSSR count). The molecule has 6 nitrogen and oxygen atoms in total. The molecule has 0 aromatic heterocycles. The summed E-state index contributed by atoms with van der Waals surface area (Å²) in [6, 6.07) is 11.7. The van der Waals surface area contributed by atoms with Crippen molar-refractivity contribution in [1.82, 2.24) is 5.32 Å². The van der Waals surface area contributed by atoms with Crippen LogP contribution < -0.4 is 21.5 Å². The highest BCUT2D eigenvalue weighted by atomic mass is 35.5. The Bertz CT molecular complexity index is 1040. The molecule has 1 amide bonds. The van der Waals surface area contributed by atoms with Gasteiger partial charge in [-0.05, 0) is 48.6 Å². The summed E-state index contributed by atoms with van der Waals surface area (Å²) in [5.74, 6) is -0.902. The lowest BCUT2D eigenvalue weighted by atomic mass is 10.1. The largest absolute Gasteiger partial charge is 0.494 e. The number of nitrogens with one attached hydrogen (secondary N) is 1. The van der Waals surface area contributed by atoms with Gasteiger partial charge in [-0.1, -0.05) is 41.4 Å². The fraction of sp³-hybridized carbons (Fsp3) is 0.227. The van der Waals surface area contributed by atoms with Crippen molar-refractivity contribution in [3.63, 3.8) is 0 Å². The molecule has 1 aliphatic rings. The molecule has 164 valence electrons. The van der Waals surface area contributed by atoms with Crippen LogP contribution in [0, 0.1) is 0 Å². The van der Waals surface area contributed by atoms with Gasteiger partial charge in [0.1, 0.15) is 17.5 Å². The molecule has 0 radical (unpaired) electrons. The van der Waals surface area contributed by atoms with Crippen molar-refractivity contribution < 1.29 is 19.0 Å². The van der Waals surface area contributed by atoms with Crippen LogP contribution in [-0.4, -0.2) is 17.6 Å². The molecule has 6 N–H and O–H groups in total. The Morgan fingerprint density at radius 1 is 1.29 bits per heavy atom. The van der Waals surface area contributed by atoms with E-state index >= 15 is 0 Å². The summed E-state index contributed by atoms with van der Waals surface area (Å²) in [6.45, 7) is -0.390. The number of carbonyl (C=O) groups excluding carboxylic acids is 1. The summed E-state index contributed by atoms with van der Waals surface area (Å²) >= 11 is 11.8. The third kappa shape index (κ3) is 5.83. The second-order valence-corrected chi connectivity index (χ2v) is 7.93. The molecule has 1 fully saturated rings. The molecule has 1 aliphatic carbocycles. The maximum Gasteiger partial charge on any atom is 0.257 e. The van der Waals surface area contributed by atoms with Gasteiger partial charge in [-0.15, -0.1) is 0 Å². The second kappa shape index (κ2) is 9.94. The van der Waals surface area contributed by atoms with E-state index in [0.717, 1.165) is 24.6 Å². The zero-order chi connectivity index (χ0) is 22.5. The number of rotatable bonds is 9.